The van der Waals surface area contributed by atoms with E-state index in [1.807, 2.05) is 18.2 Å². The Bertz CT molecular complexity index is 1210. The number of hydrogen-bond acceptors (Lipinski definition) is 5. The molecule has 0 spiro atoms. The van der Waals surface area contributed by atoms with E-state index in [4.69, 9.17) is 5.73 Å². The van der Waals surface area contributed by atoms with E-state index < -0.39 is 5.91 Å². The summed E-state index contributed by atoms with van der Waals surface area (Å²) in [4.78, 5) is 35.9. The summed E-state index contributed by atoms with van der Waals surface area (Å²) in [5.74, 6) is -0.399. The quantitative estimate of drug-likeness (QED) is 0.636. The number of nitrogens with two attached hydrogens (primary N) is 1. The zero-order chi connectivity index (χ0) is 21.4. The van der Waals surface area contributed by atoms with E-state index in [9.17, 15) is 9.59 Å². The SMILES string of the molecule is Cl.NC(=O)c1ccc(N2CCN([C@H]3C=C(c4cc5ncccc5c(=O)[nH]4)CC3)CC2)cc1. The third-order valence-electron chi connectivity index (χ3n) is 6.36. The molecule has 1 amide bonds. The number of aromatic nitrogens is 2. The van der Waals surface area contributed by atoms with Gasteiger partial charge in [0.2, 0.25) is 5.91 Å². The number of hydrogen-bond donors (Lipinski definition) is 2. The molecule has 1 fully saturated rings. The number of carbonyl (C=O) groups excluding carboxylic acids is 1. The molecule has 1 saturated heterocycles. The molecule has 32 heavy (non-hydrogen) atoms. The molecule has 7 nitrogen and oxygen atoms in total. The predicted octanol–water partition coefficient (Wildman–Crippen LogP) is 2.81. The number of fused-ring (bicyclic) bond motifs is 1. The number of carbonyl (C=O) groups is 1. The maximum atomic E-state index is 12.4. The van der Waals surface area contributed by atoms with Crippen LogP contribution in [0.15, 0.2) is 59.5 Å². The topological polar surface area (TPSA) is 95.3 Å². The van der Waals surface area contributed by atoms with Gasteiger partial charge in [0.15, 0.2) is 0 Å². The van der Waals surface area contributed by atoms with Gasteiger partial charge >= 0.3 is 0 Å². The number of nitrogens with one attached hydrogen (secondary N) is 1. The number of anilines is 1. The van der Waals surface area contributed by atoms with Crippen molar-refractivity contribution in [3.63, 3.8) is 0 Å². The van der Waals surface area contributed by atoms with Gasteiger partial charge in [-0.3, -0.25) is 19.5 Å². The van der Waals surface area contributed by atoms with Crippen molar-refractivity contribution in [2.24, 2.45) is 5.73 Å². The second kappa shape index (κ2) is 9.14. The van der Waals surface area contributed by atoms with Gasteiger partial charge in [0.25, 0.3) is 5.56 Å². The number of benzene rings is 1. The van der Waals surface area contributed by atoms with Crippen molar-refractivity contribution in [1.29, 1.82) is 0 Å². The Kier molecular flexibility index (Phi) is 6.30. The number of piperazine rings is 1. The molecule has 1 aliphatic heterocycles. The highest BCUT2D eigenvalue weighted by molar-refractivity contribution is 5.93. The maximum absolute atomic E-state index is 12.4. The van der Waals surface area contributed by atoms with Crippen LogP contribution in [0.5, 0.6) is 0 Å². The molecule has 0 bridgehead atoms. The Hall–Kier alpha value is -3.16. The number of aromatic amines is 1. The zero-order valence-electron chi connectivity index (χ0n) is 17.7. The van der Waals surface area contributed by atoms with E-state index in [1.54, 1.807) is 30.5 Å². The van der Waals surface area contributed by atoms with Crippen LogP contribution < -0.4 is 16.2 Å². The minimum atomic E-state index is -0.399. The van der Waals surface area contributed by atoms with Gasteiger partial charge in [0, 0.05) is 55.4 Å². The fraction of sp³-hybridized carbons (Fsp3) is 0.292. The Labute approximate surface area is 192 Å². The molecule has 8 heteroatoms. The number of primary amides is 1. The lowest BCUT2D eigenvalue weighted by Gasteiger charge is -2.38. The fourth-order valence-corrected chi connectivity index (χ4v) is 4.62. The summed E-state index contributed by atoms with van der Waals surface area (Å²) >= 11 is 0. The van der Waals surface area contributed by atoms with Crippen LogP contribution >= 0.6 is 12.4 Å². The van der Waals surface area contributed by atoms with Crippen LogP contribution in [0.25, 0.3) is 16.5 Å². The van der Waals surface area contributed by atoms with Gasteiger partial charge < -0.3 is 15.6 Å². The standard InChI is InChI=1S/C24H25N5O2.ClH/c25-23(30)16-3-6-18(7-4-16)28-10-12-29(13-11-28)19-8-5-17(14-19)21-15-22-20(24(31)27-21)2-1-9-26-22;/h1-4,6-7,9,14-15,19H,5,8,10-13H2,(H2,25,30)(H,27,31);1H/t19-;/m1./s1. The molecule has 0 radical (unpaired) electrons. The molecule has 0 unspecified atom stereocenters. The third-order valence-corrected chi connectivity index (χ3v) is 6.36. The normalized spacial score (nSPS) is 18.9. The Morgan fingerprint density at radius 2 is 1.84 bits per heavy atom. The highest BCUT2D eigenvalue weighted by Gasteiger charge is 2.27. The van der Waals surface area contributed by atoms with Gasteiger partial charge in [0.1, 0.15) is 0 Å². The summed E-state index contributed by atoms with van der Waals surface area (Å²) in [5.41, 5.74) is 9.72. The lowest BCUT2D eigenvalue weighted by molar-refractivity contribution is 0.100. The summed E-state index contributed by atoms with van der Waals surface area (Å²) < 4.78 is 0. The zero-order valence-corrected chi connectivity index (χ0v) is 18.5. The number of rotatable bonds is 4. The van der Waals surface area contributed by atoms with Gasteiger partial charge in [-0.1, -0.05) is 6.08 Å². The van der Waals surface area contributed by atoms with Crippen LogP contribution in [0, 0.1) is 0 Å². The highest BCUT2D eigenvalue weighted by Crippen LogP contribution is 2.31. The molecule has 166 valence electrons. The monoisotopic (exact) mass is 451 g/mol. The number of pyridine rings is 2. The van der Waals surface area contributed by atoms with Gasteiger partial charge in [0.05, 0.1) is 10.9 Å². The van der Waals surface area contributed by atoms with Crippen molar-refractivity contribution in [3.05, 3.63) is 76.3 Å². The molecular formula is C24H26ClN5O2. The Morgan fingerprint density at radius 1 is 1.09 bits per heavy atom. The van der Waals surface area contributed by atoms with Crippen molar-refractivity contribution in [2.75, 3.05) is 31.1 Å². The summed E-state index contributed by atoms with van der Waals surface area (Å²) in [5, 5.41) is 0.626. The molecule has 2 aliphatic rings. The van der Waals surface area contributed by atoms with Crippen LogP contribution in [0.2, 0.25) is 0 Å². The fourth-order valence-electron chi connectivity index (χ4n) is 4.62. The molecule has 3 heterocycles. The average Bonchev–Trinajstić information content (AvgIpc) is 3.30. The summed E-state index contributed by atoms with van der Waals surface area (Å²) in [6.07, 6.45) is 6.04. The lowest BCUT2D eigenvalue weighted by Crippen LogP contribution is -2.49. The summed E-state index contributed by atoms with van der Waals surface area (Å²) in [7, 11) is 0. The van der Waals surface area contributed by atoms with Crippen LogP contribution in [0.1, 0.15) is 28.9 Å². The average molecular weight is 452 g/mol. The summed E-state index contributed by atoms with van der Waals surface area (Å²) in [6, 6.07) is 13.5. The van der Waals surface area contributed by atoms with E-state index in [-0.39, 0.29) is 18.0 Å². The van der Waals surface area contributed by atoms with Crippen LogP contribution in [-0.2, 0) is 0 Å². The van der Waals surface area contributed by atoms with Crippen molar-refractivity contribution in [3.8, 4) is 0 Å². The molecular weight excluding hydrogens is 426 g/mol. The molecule has 3 aromatic rings. The third kappa shape index (κ3) is 4.26. The minimum absolute atomic E-state index is 0. The molecule has 2 aromatic heterocycles. The maximum Gasteiger partial charge on any atom is 0.257 e. The predicted molar refractivity (Wildman–Crippen MR) is 129 cm³/mol. The highest BCUT2D eigenvalue weighted by atomic mass is 35.5. The number of halogens is 1. The first-order chi connectivity index (χ1) is 15.1. The number of H-pyrrole nitrogens is 1. The smallest absolute Gasteiger partial charge is 0.257 e. The first kappa shape index (κ1) is 22.0. The largest absolute Gasteiger partial charge is 0.369 e. The lowest BCUT2D eigenvalue weighted by atomic mass is 10.1. The van der Waals surface area contributed by atoms with E-state index >= 15 is 0 Å². The number of amides is 1. The Balaban J connectivity index is 0.00000245. The number of nitrogens with zero attached hydrogens (tertiary/aromatic N) is 3. The molecule has 1 atom stereocenters. The first-order valence-corrected chi connectivity index (χ1v) is 10.7. The second-order valence-electron chi connectivity index (χ2n) is 8.18. The van der Waals surface area contributed by atoms with Crippen molar-refractivity contribution >= 4 is 40.5 Å². The van der Waals surface area contributed by atoms with Gasteiger partial charge in [-0.25, -0.2) is 0 Å². The molecule has 1 aromatic carbocycles. The van der Waals surface area contributed by atoms with E-state index in [2.05, 4.69) is 25.8 Å². The van der Waals surface area contributed by atoms with Gasteiger partial charge in [-0.15, -0.1) is 12.4 Å². The Morgan fingerprint density at radius 3 is 2.56 bits per heavy atom. The first-order valence-electron chi connectivity index (χ1n) is 10.7. The molecule has 0 saturated carbocycles. The van der Waals surface area contributed by atoms with Crippen molar-refractivity contribution < 1.29 is 4.79 Å². The van der Waals surface area contributed by atoms with E-state index in [1.165, 1.54) is 5.57 Å². The molecule has 5 rings (SSSR count). The molecule has 3 N–H and O–H groups in total. The van der Waals surface area contributed by atoms with Crippen molar-refractivity contribution in [2.45, 2.75) is 18.9 Å². The van der Waals surface area contributed by atoms with E-state index in [0.29, 0.717) is 17.0 Å². The van der Waals surface area contributed by atoms with Crippen LogP contribution in [0.3, 0.4) is 0 Å². The number of allylic oxidation sites excluding steroid dienone is 1. The van der Waals surface area contributed by atoms with Gasteiger partial charge in [-0.05, 0) is 60.9 Å². The second-order valence-corrected chi connectivity index (χ2v) is 8.18. The van der Waals surface area contributed by atoms with Crippen LogP contribution in [-0.4, -0.2) is 53.0 Å². The summed E-state index contributed by atoms with van der Waals surface area (Å²) in [6.45, 7) is 3.82. The molecule has 1 aliphatic carbocycles. The van der Waals surface area contributed by atoms with Crippen molar-refractivity contribution in [1.82, 2.24) is 14.9 Å². The minimum Gasteiger partial charge on any atom is -0.369 e. The van der Waals surface area contributed by atoms with E-state index in [0.717, 1.165) is 55.9 Å². The van der Waals surface area contributed by atoms with Gasteiger partial charge in [-0.2, -0.15) is 0 Å². The van der Waals surface area contributed by atoms with Crippen LogP contribution in [0.4, 0.5) is 5.69 Å².